The van der Waals surface area contributed by atoms with Crippen LogP contribution in [-0.2, 0) is 19.9 Å². The minimum atomic E-state index is 0.715. The van der Waals surface area contributed by atoms with Crippen molar-refractivity contribution < 1.29 is 23.5 Å². The van der Waals surface area contributed by atoms with Crippen LogP contribution in [0.4, 0.5) is 0 Å². The van der Waals surface area contributed by atoms with Crippen LogP contribution in [0.2, 0.25) is 0 Å². The molecule has 0 atom stereocenters. The fourth-order valence-electron chi connectivity index (χ4n) is 5.91. The van der Waals surface area contributed by atoms with Crippen molar-refractivity contribution in [3.8, 4) is 56.4 Å². The fraction of sp³-hybridized carbons (Fsp3) is 0.206. The summed E-state index contributed by atoms with van der Waals surface area (Å²) in [5.41, 5.74) is 10.4. The summed E-state index contributed by atoms with van der Waals surface area (Å²) in [7, 11) is 8.92. The van der Waals surface area contributed by atoms with Gasteiger partial charge in [-0.3, -0.25) is 0 Å². The third-order valence-corrected chi connectivity index (χ3v) is 7.86. The van der Waals surface area contributed by atoms with Gasteiger partial charge in [-0.25, -0.2) is 0 Å². The summed E-state index contributed by atoms with van der Waals surface area (Å²) in [6.45, 7) is 0. The number of hydrogen-bond acceptors (Lipinski definition) is 4. The monoisotopic (exact) mass is 518 g/mol. The zero-order chi connectivity index (χ0) is 27.1. The topological polar surface area (TPSA) is 40.8 Å². The van der Waals surface area contributed by atoms with Gasteiger partial charge in [-0.15, -0.1) is 0 Å². The van der Waals surface area contributed by atoms with Crippen molar-refractivity contribution in [3.63, 3.8) is 0 Å². The van der Waals surface area contributed by atoms with E-state index in [2.05, 4.69) is 78.3 Å². The standard InChI is InChI=1S/C34H32NO4/c1-35-29-16-15-25-27(28(29)17-24-18-31(36-2)32(37-3)20-30(24)35)19-26(34(39-5)33(25)38-4)23-13-11-22(12-14-23)21-9-7-6-8-10-21/h6-14,17-20H,15-16H2,1-5H3/q+1. The lowest BCUT2D eigenvalue weighted by Gasteiger charge is -2.24. The highest BCUT2D eigenvalue weighted by Gasteiger charge is 2.31. The number of fused-ring (bicyclic) bond motifs is 4. The molecule has 1 aliphatic carbocycles. The van der Waals surface area contributed by atoms with Crippen molar-refractivity contribution in [1.29, 1.82) is 0 Å². The van der Waals surface area contributed by atoms with E-state index in [1.807, 2.05) is 12.1 Å². The zero-order valence-electron chi connectivity index (χ0n) is 23.0. The summed E-state index contributed by atoms with van der Waals surface area (Å²) in [4.78, 5) is 0. The van der Waals surface area contributed by atoms with Crippen molar-refractivity contribution >= 4 is 10.9 Å². The molecular formula is C34H32NO4+. The van der Waals surface area contributed by atoms with E-state index in [0.29, 0.717) is 5.75 Å². The van der Waals surface area contributed by atoms with Gasteiger partial charge in [-0.1, -0.05) is 54.6 Å². The zero-order valence-corrected chi connectivity index (χ0v) is 23.0. The number of aromatic nitrogens is 1. The molecule has 1 heterocycles. The molecule has 1 aromatic heterocycles. The minimum Gasteiger partial charge on any atom is -0.493 e. The molecular weight excluding hydrogens is 486 g/mol. The maximum atomic E-state index is 6.02. The van der Waals surface area contributed by atoms with Gasteiger partial charge in [0.05, 0.1) is 45.5 Å². The Hall–Kier alpha value is -4.51. The van der Waals surface area contributed by atoms with Gasteiger partial charge in [0.1, 0.15) is 7.05 Å². The Bertz CT molecular complexity index is 1690. The molecule has 0 N–H and O–H groups in total. The van der Waals surface area contributed by atoms with Crippen LogP contribution >= 0.6 is 0 Å². The number of benzene rings is 4. The van der Waals surface area contributed by atoms with E-state index < -0.39 is 0 Å². The van der Waals surface area contributed by atoms with E-state index in [1.54, 1.807) is 28.4 Å². The van der Waals surface area contributed by atoms with Crippen molar-refractivity contribution in [2.24, 2.45) is 7.05 Å². The van der Waals surface area contributed by atoms with Gasteiger partial charge in [0.25, 0.3) is 0 Å². The molecule has 5 heteroatoms. The summed E-state index contributed by atoms with van der Waals surface area (Å²) in [5, 5.41) is 1.09. The first-order valence-electron chi connectivity index (χ1n) is 13.1. The number of methoxy groups -OCH3 is 4. The van der Waals surface area contributed by atoms with E-state index in [9.17, 15) is 0 Å². The van der Waals surface area contributed by atoms with Crippen LogP contribution < -0.4 is 23.5 Å². The second kappa shape index (κ2) is 9.99. The van der Waals surface area contributed by atoms with Gasteiger partial charge in [0.15, 0.2) is 28.7 Å². The average Bonchev–Trinajstić information content (AvgIpc) is 2.99. The third kappa shape index (κ3) is 4.06. The lowest BCUT2D eigenvalue weighted by atomic mass is 9.84. The summed E-state index contributed by atoms with van der Waals surface area (Å²) in [6, 6.07) is 27.7. The molecule has 0 radical (unpaired) electrons. The second-order valence-corrected chi connectivity index (χ2v) is 9.79. The molecule has 0 saturated carbocycles. The highest BCUT2D eigenvalue weighted by Crippen LogP contribution is 2.49. The number of rotatable bonds is 6. The first-order chi connectivity index (χ1) is 19.1. The molecule has 5 aromatic rings. The molecule has 0 bridgehead atoms. The van der Waals surface area contributed by atoms with Crippen LogP contribution in [0.1, 0.15) is 11.3 Å². The van der Waals surface area contributed by atoms with Gasteiger partial charge >= 0.3 is 0 Å². The Morgan fingerprint density at radius 1 is 0.564 bits per heavy atom. The largest absolute Gasteiger partial charge is 0.493 e. The van der Waals surface area contributed by atoms with E-state index in [4.69, 9.17) is 18.9 Å². The van der Waals surface area contributed by atoms with Crippen molar-refractivity contribution in [2.45, 2.75) is 12.8 Å². The van der Waals surface area contributed by atoms with Gasteiger partial charge < -0.3 is 18.9 Å². The van der Waals surface area contributed by atoms with Crippen molar-refractivity contribution in [1.82, 2.24) is 0 Å². The molecule has 196 valence electrons. The molecule has 0 spiro atoms. The smallest absolute Gasteiger partial charge is 0.216 e. The van der Waals surface area contributed by atoms with Crippen LogP contribution in [0.15, 0.2) is 78.9 Å². The van der Waals surface area contributed by atoms with Gasteiger partial charge in [-0.2, -0.15) is 4.57 Å². The number of hydrogen-bond donors (Lipinski definition) is 0. The lowest BCUT2D eigenvalue weighted by molar-refractivity contribution is -0.652. The average molecular weight is 519 g/mol. The van der Waals surface area contributed by atoms with Crippen LogP contribution in [-0.4, -0.2) is 28.4 Å². The van der Waals surface area contributed by atoms with E-state index in [1.165, 1.54) is 33.5 Å². The Labute approximate surface area is 229 Å². The quantitative estimate of drug-likeness (QED) is 0.232. The second-order valence-electron chi connectivity index (χ2n) is 9.79. The summed E-state index contributed by atoms with van der Waals surface area (Å²) in [5.74, 6) is 3.01. The van der Waals surface area contributed by atoms with E-state index >= 15 is 0 Å². The first kappa shape index (κ1) is 24.8. The van der Waals surface area contributed by atoms with Crippen LogP contribution in [0.25, 0.3) is 44.3 Å². The maximum Gasteiger partial charge on any atom is 0.216 e. The summed E-state index contributed by atoms with van der Waals surface area (Å²) < 4.78 is 25.5. The fourth-order valence-corrected chi connectivity index (χ4v) is 5.91. The maximum absolute atomic E-state index is 6.02. The van der Waals surface area contributed by atoms with Gasteiger partial charge in [0.2, 0.25) is 5.52 Å². The number of aryl methyl sites for hydroxylation is 1. The van der Waals surface area contributed by atoms with Gasteiger partial charge in [-0.05, 0) is 46.9 Å². The number of pyridine rings is 1. The third-order valence-electron chi connectivity index (χ3n) is 7.86. The Balaban J connectivity index is 1.56. The highest BCUT2D eigenvalue weighted by atomic mass is 16.5. The molecule has 5 nitrogen and oxygen atoms in total. The molecule has 0 unspecified atom stereocenters. The number of ether oxygens (including phenoxy) is 4. The molecule has 4 aromatic carbocycles. The Kier molecular flexibility index (Phi) is 6.35. The van der Waals surface area contributed by atoms with E-state index in [0.717, 1.165) is 52.1 Å². The predicted molar refractivity (Wildman–Crippen MR) is 155 cm³/mol. The van der Waals surface area contributed by atoms with Gasteiger partial charge in [0, 0.05) is 17.5 Å². The summed E-state index contributed by atoms with van der Waals surface area (Å²) >= 11 is 0. The van der Waals surface area contributed by atoms with E-state index in [-0.39, 0.29) is 0 Å². The highest BCUT2D eigenvalue weighted by molar-refractivity contribution is 5.90. The van der Waals surface area contributed by atoms with Crippen molar-refractivity contribution in [3.05, 3.63) is 90.1 Å². The first-order valence-corrected chi connectivity index (χ1v) is 13.1. The molecule has 6 rings (SSSR count). The SMILES string of the molecule is COc1cc2cc3c([n+](C)c2cc1OC)CCc1c-3cc(-c2ccc(-c3ccccc3)cc2)c(OC)c1OC. The number of nitrogens with zero attached hydrogens (tertiary/aromatic N) is 1. The summed E-state index contributed by atoms with van der Waals surface area (Å²) in [6.07, 6.45) is 1.76. The molecule has 0 amide bonds. The Morgan fingerprint density at radius 3 is 1.87 bits per heavy atom. The lowest BCUT2D eigenvalue weighted by Crippen LogP contribution is -2.37. The molecule has 39 heavy (non-hydrogen) atoms. The van der Waals surface area contributed by atoms with Crippen LogP contribution in [0.3, 0.4) is 0 Å². The molecule has 0 fully saturated rings. The minimum absolute atomic E-state index is 0.715. The normalized spacial score (nSPS) is 12.0. The molecule has 1 aliphatic rings. The predicted octanol–water partition coefficient (Wildman–Crippen LogP) is 6.80. The molecule has 0 saturated heterocycles. The van der Waals surface area contributed by atoms with Crippen LogP contribution in [0.5, 0.6) is 23.0 Å². The van der Waals surface area contributed by atoms with Crippen molar-refractivity contribution in [2.75, 3.05) is 28.4 Å². The molecule has 0 aliphatic heterocycles. The van der Waals surface area contributed by atoms with Crippen LogP contribution in [0, 0.1) is 0 Å². The Morgan fingerprint density at radius 2 is 1.21 bits per heavy atom.